The van der Waals surface area contributed by atoms with Crippen LogP contribution in [0, 0.1) is 6.92 Å². The summed E-state index contributed by atoms with van der Waals surface area (Å²) in [6, 6.07) is 9.14. The Balaban J connectivity index is 1.97. The van der Waals surface area contributed by atoms with E-state index in [0.29, 0.717) is 37.2 Å². The summed E-state index contributed by atoms with van der Waals surface area (Å²) < 4.78 is 34.3. The first-order chi connectivity index (χ1) is 13.9. The summed E-state index contributed by atoms with van der Waals surface area (Å²) in [5, 5.41) is 6.62. The van der Waals surface area contributed by atoms with E-state index in [9.17, 15) is 8.42 Å². The molecule has 0 amide bonds. The van der Waals surface area contributed by atoms with E-state index < -0.39 is 9.84 Å². The Morgan fingerprint density at radius 1 is 1.21 bits per heavy atom. The molecule has 0 saturated heterocycles. The molecule has 0 spiro atoms. The van der Waals surface area contributed by atoms with Crippen molar-refractivity contribution in [2.24, 2.45) is 4.99 Å². The molecule has 29 heavy (non-hydrogen) atoms. The normalized spacial score (nSPS) is 12.2. The Morgan fingerprint density at radius 2 is 2.00 bits per heavy atom. The van der Waals surface area contributed by atoms with Gasteiger partial charge in [-0.15, -0.1) is 0 Å². The predicted octanol–water partition coefficient (Wildman–Crippen LogP) is 2.70. The number of furan rings is 1. The molecular formula is C21H31N3O4S. The molecule has 1 heterocycles. The number of nitrogens with one attached hydrogen (secondary N) is 2. The molecule has 7 nitrogen and oxygen atoms in total. The van der Waals surface area contributed by atoms with Crippen LogP contribution >= 0.6 is 0 Å². The maximum Gasteiger partial charge on any atom is 0.191 e. The largest absolute Gasteiger partial charge is 0.469 e. The molecule has 0 aliphatic heterocycles. The zero-order valence-electron chi connectivity index (χ0n) is 17.4. The van der Waals surface area contributed by atoms with Crippen molar-refractivity contribution in [1.82, 2.24) is 10.6 Å². The summed E-state index contributed by atoms with van der Waals surface area (Å²) in [5.41, 5.74) is 1.69. The second-order valence-corrected chi connectivity index (χ2v) is 8.75. The lowest BCUT2D eigenvalue weighted by Crippen LogP contribution is -2.39. The van der Waals surface area contributed by atoms with Crippen LogP contribution in [0.3, 0.4) is 0 Å². The van der Waals surface area contributed by atoms with Crippen LogP contribution in [-0.4, -0.2) is 46.9 Å². The van der Waals surface area contributed by atoms with E-state index in [4.69, 9.17) is 9.15 Å². The third-order valence-corrected chi connectivity index (χ3v) is 5.52. The monoisotopic (exact) mass is 421 g/mol. The van der Waals surface area contributed by atoms with E-state index in [-0.39, 0.29) is 0 Å². The van der Waals surface area contributed by atoms with Crippen molar-refractivity contribution in [3.8, 4) is 0 Å². The fraction of sp³-hybridized carbons (Fsp3) is 0.476. The topological polar surface area (TPSA) is 92.9 Å². The van der Waals surface area contributed by atoms with Crippen molar-refractivity contribution in [2.75, 3.05) is 32.6 Å². The Bertz CT molecular complexity index is 877. The maximum absolute atomic E-state index is 11.8. The summed E-state index contributed by atoms with van der Waals surface area (Å²) in [6.45, 7) is 7.09. The van der Waals surface area contributed by atoms with Crippen LogP contribution < -0.4 is 10.6 Å². The van der Waals surface area contributed by atoms with Crippen LogP contribution in [0.5, 0.6) is 0 Å². The second-order valence-electron chi connectivity index (χ2n) is 6.77. The van der Waals surface area contributed by atoms with Crippen LogP contribution in [0.1, 0.15) is 30.2 Å². The van der Waals surface area contributed by atoms with Gasteiger partial charge >= 0.3 is 0 Å². The third kappa shape index (κ3) is 8.29. The highest BCUT2D eigenvalue weighted by Gasteiger charge is 2.10. The summed E-state index contributed by atoms with van der Waals surface area (Å²) >= 11 is 0. The van der Waals surface area contributed by atoms with Gasteiger partial charge in [0.25, 0.3) is 0 Å². The van der Waals surface area contributed by atoms with Crippen molar-refractivity contribution in [2.45, 2.75) is 38.1 Å². The molecule has 0 saturated carbocycles. The van der Waals surface area contributed by atoms with Crippen LogP contribution in [0.15, 0.2) is 50.9 Å². The summed E-state index contributed by atoms with van der Waals surface area (Å²) in [4.78, 5) is 4.99. The number of guanidine groups is 1. The number of aliphatic imine (C=N–C) groups is 1. The van der Waals surface area contributed by atoms with Crippen molar-refractivity contribution in [3.05, 3.63) is 53.5 Å². The van der Waals surface area contributed by atoms with E-state index in [1.807, 2.05) is 31.2 Å². The first-order valence-electron chi connectivity index (χ1n) is 9.82. The molecular weight excluding hydrogens is 390 g/mol. The molecule has 0 bridgehead atoms. The van der Waals surface area contributed by atoms with Gasteiger partial charge in [-0.2, -0.15) is 0 Å². The van der Waals surface area contributed by atoms with Gasteiger partial charge in [-0.05, 0) is 49.6 Å². The number of benzene rings is 1. The molecule has 2 N–H and O–H groups in total. The van der Waals surface area contributed by atoms with Crippen molar-refractivity contribution in [3.63, 3.8) is 0 Å². The number of ether oxygens (including phenoxy) is 1. The van der Waals surface area contributed by atoms with Crippen molar-refractivity contribution >= 4 is 15.8 Å². The highest BCUT2D eigenvalue weighted by atomic mass is 32.2. The molecule has 1 aromatic carbocycles. The lowest BCUT2D eigenvalue weighted by atomic mass is 10.1. The SMILES string of the molecule is CCOCCCNC(=NCc1ccc(S(C)(=O)=O)c(C)c1)NCCc1ccco1. The van der Waals surface area contributed by atoms with Gasteiger partial charge in [-0.25, -0.2) is 13.4 Å². The lowest BCUT2D eigenvalue weighted by molar-refractivity contribution is 0.145. The number of rotatable bonds is 11. The van der Waals surface area contributed by atoms with E-state index in [0.717, 1.165) is 36.3 Å². The second kappa shape index (κ2) is 11.6. The van der Waals surface area contributed by atoms with E-state index >= 15 is 0 Å². The molecule has 8 heteroatoms. The zero-order chi connectivity index (χ0) is 21.1. The third-order valence-electron chi connectivity index (χ3n) is 4.26. The Morgan fingerprint density at radius 3 is 2.66 bits per heavy atom. The first kappa shape index (κ1) is 23.0. The molecule has 1 aromatic heterocycles. The van der Waals surface area contributed by atoms with Gasteiger partial charge in [0.1, 0.15) is 5.76 Å². The van der Waals surface area contributed by atoms with Crippen molar-refractivity contribution < 1.29 is 17.6 Å². The van der Waals surface area contributed by atoms with Gasteiger partial charge in [-0.3, -0.25) is 0 Å². The number of aryl methyl sites for hydroxylation is 1. The highest BCUT2D eigenvalue weighted by molar-refractivity contribution is 7.90. The summed E-state index contributed by atoms with van der Waals surface area (Å²) in [5.74, 6) is 1.62. The number of hydrogen-bond acceptors (Lipinski definition) is 5. The standard InChI is InChI=1S/C21H31N3O4S/c1-4-27-13-6-11-22-21(23-12-10-19-7-5-14-28-19)24-16-18-8-9-20(17(2)15-18)29(3,25)26/h5,7-9,14-15H,4,6,10-13,16H2,1-3H3,(H2,22,23,24). The molecule has 0 radical (unpaired) electrons. The predicted molar refractivity (Wildman–Crippen MR) is 115 cm³/mol. The van der Waals surface area contributed by atoms with Gasteiger partial charge in [0, 0.05) is 39.0 Å². The van der Waals surface area contributed by atoms with Crippen LogP contribution in [0.4, 0.5) is 0 Å². The van der Waals surface area contributed by atoms with Gasteiger partial charge < -0.3 is 19.8 Å². The van der Waals surface area contributed by atoms with Crippen LogP contribution in [0.25, 0.3) is 0 Å². The fourth-order valence-corrected chi connectivity index (χ4v) is 3.81. The fourth-order valence-electron chi connectivity index (χ4n) is 2.85. The molecule has 0 fully saturated rings. The quantitative estimate of drug-likeness (QED) is 0.329. The molecule has 160 valence electrons. The lowest BCUT2D eigenvalue weighted by Gasteiger charge is -2.13. The van der Waals surface area contributed by atoms with Crippen LogP contribution in [-0.2, 0) is 27.5 Å². The molecule has 0 aliphatic rings. The minimum atomic E-state index is -3.22. The minimum Gasteiger partial charge on any atom is -0.469 e. The molecule has 2 rings (SSSR count). The van der Waals surface area contributed by atoms with E-state index in [1.165, 1.54) is 6.26 Å². The smallest absolute Gasteiger partial charge is 0.191 e. The molecule has 2 aromatic rings. The molecule has 0 aliphatic carbocycles. The minimum absolute atomic E-state index is 0.357. The first-order valence-corrected chi connectivity index (χ1v) is 11.7. The average molecular weight is 422 g/mol. The molecule has 0 atom stereocenters. The van der Waals surface area contributed by atoms with Gasteiger partial charge in [-0.1, -0.05) is 12.1 Å². The Hall–Kier alpha value is -2.32. The summed E-state index contributed by atoms with van der Waals surface area (Å²) in [7, 11) is -3.22. The zero-order valence-corrected chi connectivity index (χ0v) is 18.2. The van der Waals surface area contributed by atoms with Crippen molar-refractivity contribution in [1.29, 1.82) is 0 Å². The van der Waals surface area contributed by atoms with E-state index in [1.54, 1.807) is 19.3 Å². The van der Waals surface area contributed by atoms with Gasteiger partial charge in [0.05, 0.1) is 17.7 Å². The molecule has 0 unspecified atom stereocenters. The Labute approximate surface area is 173 Å². The average Bonchev–Trinajstić information content (AvgIpc) is 3.18. The van der Waals surface area contributed by atoms with Gasteiger partial charge in [0.15, 0.2) is 15.8 Å². The number of nitrogens with zero attached hydrogens (tertiary/aromatic N) is 1. The Kier molecular flexibility index (Phi) is 9.21. The number of sulfone groups is 1. The highest BCUT2D eigenvalue weighted by Crippen LogP contribution is 2.17. The maximum atomic E-state index is 11.8. The van der Waals surface area contributed by atoms with Crippen LogP contribution in [0.2, 0.25) is 0 Å². The van der Waals surface area contributed by atoms with E-state index in [2.05, 4.69) is 15.6 Å². The number of hydrogen-bond donors (Lipinski definition) is 2. The van der Waals surface area contributed by atoms with Gasteiger partial charge in [0.2, 0.25) is 0 Å². The summed E-state index contributed by atoms with van der Waals surface area (Å²) in [6.07, 6.45) is 4.53.